The van der Waals surface area contributed by atoms with E-state index in [0.29, 0.717) is 4.47 Å². The smallest absolute Gasteiger partial charge is 0.258 e. The second-order valence-electron chi connectivity index (χ2n) is 3.69. The van der Waals surface area contributed by atoms with Crippen LogP contribution < -0.4 is 5.32 Å². The molecular formula is C12H5BrCl3FN2O. The number of amides is 1. The van der Waals surface area contributed by atoms with Crippen molar-refractivity contribution in [2.24, 2.45) is 0 Å². The largest absolute Gasteiger partial charge is 0.319 e. The van der Waals surface area contributed by atoms with Gasteiger partial charge >= 0.3 is 0 Å². The van der Waals surface area contributed by atoms with Crippen LogP contribution in [0.4, 0.5) is 10.1 Å². The lowest BCUT2D eigenvalue weighted by molar-refractivity contribution is 0.102. The Morgan fingerprint density at radius 3 is 2.40 bits per heavy atom. The highest BCUT2D eigenvalue weighted by Crippen LogP contribution is 2.34. The summed E-state index contributed by atoms with van der Waals surface area (Å²) in [7, 11) is 0. The van der Waals surface area contributed by atoms with Crippen LogP contribution in [0.3, 0.4) is 0 Å². The molecule has 0 saturated heterocycles. The van der Waals surface area contributed by atoms with Crippen molar-refractivity contribution in [3.05, 3.63) is 55.4 Å². The number of nitrogens with one attached hydrogen (secondary N) is 1. The van der Waals surface area contributed by atoms with Crippen molar-refractivity contribution in [3.8, 4) is 0 Å². The van der Waals surface area contributed by atoms with Crippen LogP contribution in [0.2, 0.25) is 15.2 Å². The van der Waals surface area contributed by atoms with Crippen molar-refractivity contribution in [1.82, 2.24) is 4.98 Å². The molecule has 1 aromatic carbocycles. The maximum Gasteiger partial charge on any atom is 0.258 e. The van der Waals surface area contributed by atoms with Gasteiger partial charge in [0.05, 0.1) is 27.5 Å². The molecule has 0 aliphatic carbocycles. The van der Waals surface area contributed by atoms with Gasteiger partial charge in [0.15, 0.2) is 0 Å². The second-order valence-corrected chi connectivity index (χ2v) is 5.78. The average molecular weight is 398 g/mol. The summed E-state index contributed by atoms with van der Waals surface area (Å²) in [5.41, 5.74) is 0.101. The second kappa shape index (κ2) is 6.26. The molecule has 0 aliphatic rings. The number of nitrogens with zero attached hydrogens (tertiary/aromatic N) is 1. The normalized spacial score (nSPS) is 10.4. The summed E-state index contributed by atoms with van der Waals surface area (Å²) in [5, 5.41) is 2.83. The van der Waals surface area contributed by atoms with Crippen LogP contribution >= 0.6 is 50.7 Å². The molecule has 20 heavy (non-hydrogen) atoms. The van der Waals surface area contributed by atoms with Crippen LogP contribution in [0, 0.1) is 5.82 Å². The molecule has 2 aromatic rings. The highest BCUT2D eigenvalue weighted by Gasteiger charge is 2.16. The third-order valence-corrected chi connectivity index (χ3v) is 3.65. The summed E-state index contributed by atoms with van der Waals surface area (Å²) in [5.74, 6) is -1.33. The molecule has 1 amide bonds. The number of hydrogen-bond donors (Lipinski definition) is 1. The number of pyridine rings is 1. The number of rotatable bonds is 2. The van der Waals surface area contributed by atoms with Gasteiger partial charge in [0.1, 0.15) is 11.0 Å². The zero-order valence-electron chi connectivity index (χ0n) is 9.55. The minimum Gasteiger partial charge on any atom is -0.319 e. The van der Waals surface area contributed by atoms with Crippen molar-refractivity contribution in [3.63, 3.8) is 0 Å². The van der Waals surface area contributed by atoms with Crippen molar-refractivity contribution in [2.45, 2.75) is 0 Å². The Labute approximate surface area is 137 Å². The van der Waals surface area contributed by atoms with Crippen LogP contribution in [0.25, 0.3) is 0 Å². The molecular weight excluding hydrogens is 393 g/mol. The van der Waals surface area contributed by atoms with E-state index in [2.05, 4.69) is 26.2 Å². The zero-order valence-corrected chi connectivity index (χ0v) is 13.4. The number of hydrogen-bond acceptors (Lipinski definition) is 2. The standard InChI is InChI=1S/C12H5BrCl3FN2O/c13-5-1-8(14)10(9(15)2-5)19-12(20)7-3-6(17)4-18-11(7)16/h1-4H,(H,19,20). The predicted molar refractivity (Wildman–Crippen MR) is 81.3 cm³/mol. The Morgan fingerprint density at radius 2 is 1.80 bits per heavy atom. The van der Waals surface area contributed by atoms with E-state index in [1.54, 1.807) is 12.1 Å². The Hall–Kier alpha value is -0.880. The first-order chi connectivity index (χ1) is 9.38. The maximum absolute atomic E-state index is 13.1. The minimum atomic E-state index is -0.674. The number of carbonyl (C=O) groups excluding carboxylic acids is 1. The third kappa shape index (κ3) is 3.41. The van der Waals surface area contributed by atoms with Crippen LogP contribution in [-0.2, 0) is 0 Å². The highest BCUT2D eigenvalue weighted by atomic mass is 79.9. The van der Waals surface area contributed by atoms with Crippen LogP contribution in [0.1, 0.15) is 10.4 Å². The van der Waals surface area contributed by atoms with E-state index in [4.69, 9.17) is 34.8 Å². The summed E-state index contributed by atoms with van der Waals surface area (Å²) in [4.78, 5) is 15.6. The number of carbonyl (C=O) groups is 1. The average Bonchev–Trinajstić information content (AvgIpc) is 2.36. The molecule has 0 atom stereocenters. The predicted octanol–water partition coefficient (Wildman–Crippen LogP) is 5.20. The Morgan fingerprint density at radius 1 is 1.20 bits per heavy atom. The Balaban J connectivity index is 2.35. The molecule has 1 N–H and O–H groups in total. The van der Waals surface area contributed by atoms with E-state index in [-0.39, 0.29) is 26.4 Å². The third-order valence-electron chi connectivity index (χ3n) is 2.30. The summed E-state index contributed by atoms with van der Waals surface area (Å²) >= 11 is 20.9. The van der Waals surface area contributed by atoms with Crippen molar-refractivity contribution in [1.29, 1.82) is 0 Å². The molecule has 1 aromatic heterocycles. The molecule has 0 saturated carbocycles. The molecule has 2 rings (SSSR count). The first-order valence-electron chi connectivity index (χ1n) is 5.15. The lowest BCUT2D eigenvalue weighted by atomic mass is 10.2. The molecule has 0 fully saturated rings. The van der Waals surface area contributed by atoms with Gasteiger partial charge in [-0.2, -0.15) is 0 Å². The van der Waals surface area contributed by atoms with E-state index < -0.39 is 11.7 Å². The van der Waals surface area contributed by atoms with Crippen LogP contribution in [0.15, 0.2) is 28.9 Å². The molecule has 0 aliphatic heterocycles. The quantitative estimate of drug-likeness (QED) is 0.707. The summed E-state index contributed by atoms with van der Waals surface area (Å²) in [6, 6.07) is 4.11. The van der Waals surface area contributed by atoms with Crippen molar-refractivity contribution in [2.75, 3.05) is 5.32 Å². The lowest BCUT2D eigenvalue weighted by Gasteiger charge is -2.10. The van der Waals surface area contributed by atoms with Gasteiger partial charge < -0.3 is 5.32 Å². The molecule has 0 radical (unpaired) electrons. The molecule has 104 valence electrons. The van der Waals surface area contributed by atoms with Gasteiger partial charge in [-0.15, -0.1) is 0 Å². The first kappa shape index (κ1) is 15.5. The molecule has 3 nitrogen and oxygen atoms in total. The first-order valence-corrected chi connectivity index (χ1v) is 7.08. The van der Waals surface area contributed by atoms with Gasteiger partial charge in [0.25, 0.3) is 5.91 Å². The van der Waals surface area contributed by atoms with Gasteiger partial charge in [-0.3, -0.25) is 4.79 Å². The molecule has 0 bridgehead atoms. The minimum absolute atomic E-state index is 0.110. The van der Waals surface area contributed by atoms with Gasteiger partial charge in [-0.1, -0.05) is 50.7 Å². The molecule has 1 heterocycles. The fourth-order valence-corrected chi connectivity index (χ4v) is 2.92. The SMILES string of the molecule is O=C(Nc1c(Cl)cc(Br)cc1Cl)c1cc(F)cnc1Cl. The van der Waals surface area contributed by atoms with Gasteiger partial charge in [0.2, 0.25) is 0 Å². The van der Waals surface area contributed by atoms with E-state index in [9.17, 15) is 9.18 Å². The van der Waals surface area contributed by atoms with Crippen molar-refractivity contribution < 1.29 is 9.18 Å². The van der Waals surface area contributed by atoms with E-state index in [1.807, 2.05) is 0 Å². The fraction of sp³-hybridized carbons (Fsp3) is 0. The maximum atomic E-state index is 13.1. The van der Waals surface area contributed by atoms with E-state index >= 15 is 0 Å². The molecule has 8 heteroatoms. The molecule has 0 unspecified atom stereocenters. The Bertz CT molecular complexity index is 673. The topological polar surface area (TPSA) is 42.0 Å². The highest BCUT2D eigenvalue weighted by molar-refractivity contribution is 9.10. The van der Waals surface area contributed by atoms with Crippen LogP contribution in [-0.4, -0.2) is 10.9 Å². The van der Waals surface area contributed by atoms with Crippen LogP contribution in [0.5, 0.6) is 0 Å². The lowest BCUT2D eigenvalue weighted by Crippen LogP contribution is -2.14. The molecule has 0 spiro atoms. The van der Waals surface area contributed by atoms with Gasteiger partial charge in [-0.05, 0) is 18.2 Å². The fourth-order valence-electron chi connectivity index (χ4n) is 1.42. The number of benzene rings is 1. The summed E-state index contributed by atoms with van der Waals surface area (Å²) < 4.78 is 13.8. The van der Waals surface area contributed by atoms with Gasteiger partial charge in [-0.25, -0.2) is 9.37 Å². The van der Waals surface area contributed by atoms with E-state index in [1.165, 1.54) is 0 Å². The zero-order chi connectivity index (χ0) is 14.9. The number of aromatic nitrogens is 1. The number of halogens is 5. The van der Waals surface area contributed by atoms with E-state index in [0.717, 1.165) is 12.3 Å². The summed E-state index contributed by atoms with van der Waals surface area (Å²) in [6.45, 7) is 0. The number of anilines is 1. The Kier molecular flexibility index (Phi) is 4.86. The summed E-state index contributed by atoms with van der Waals surface area (Å²) in [6.07, 6.45) is 0.915. The monoisotopic (exact) mass is 396 g/mol. The van der Waals surface area contributed by atoms with Crippen molar-refractivity contribution >= 4 is 62.3 Å². The van der Waals surface area contributed by atoms with Gasteiger partial charge in [0, 0.05) is 4.47 Å².